The van der Waals surface area contributed by atoms with Crippen LogP contribution in [-0.2, 0) is 9.84 Å². The highest BCUT2D eigenvalue weighted by atomic mass is 79.9. The maximum atomic E-state index is 11.0. The maximum absolute atomic E-state index is 11.0. The van der Waals surface area contributed by atoms with Crippen LogP contribution in [0.3, 0.4) is 0 Å². The van der Waals surface area contributed by atoms with Gasteiger partial charge >= 0.3 is 0 Å². The molecule has 0 aliphatic rings. The van der Waals surface area contributed by atoms with Crippen molar-refractivity contribution in [1.82, 2.24) is 0 Å². The fourth-order valence-electron chi connectivity index (χ4n) is 1.03. The van der Waals surface area contributed by atoms with Crippen LogP contribution in [0, 0.1) is 0 Å². The number of hydrogen-bond donors (Lipinski definition) is 0. The highest BCUT2D eigenvalue weighted by molar-refractivity contribution is 9.10. The molecule has 1 unspecified atom stereocenters. The molecule has 14 heavy (non-hydrogen) atoms. The molecule has 0 aromatic heterocycles. The summed E-state index contributed by atoms with van der Waals surface area (Å²) in [6.45, 7) is 0. The third-order valence-corrected chi connectivity index (χ3v) is 4.43. The predicted molar refractivity (Wildman–Crippen MR) is 65.5 cm³/mol. The van der Waals surface area contributed by atoms with Crippen molar-refractivity contribution in [2.24, 2.45) is 0 Å². The van der Waals surface area contributed by atoms with Gasteiger partial charge in [-0.2, -0.15) is 0 Å². The Bertz CT molecular complexity index is 397. The smallest absolute Gasteiger partial charge is 0.148 e. The van der Waals surface area contributed by atoms with Gasteiger partial charge < -0.3 is 0 Å². The van der Waals surface area contributed by atoms with Crippen LogP contribution >= 0.6 is 31.9 Å². The highest BCUT2D eigenvalue weighted by Gasteiger charge is 2.13. The van der Waals surface area contributed by atoms with Crippen molar-refractivity contribution in [3.63, 3.8) is 0 Å². The molecule has 78 valence electrons. The van der Waals surface area contributed by atoms with E-state index in [9.17, 15) is 8.42 Å². The summed E-state index contributed by atoms with van der Waals surface area (Å²) in [4.78, 5) is -0.134. The molecular weight excluding hydrogens is 332 g/mol. The zero-order chi connectivity index (χ0) is 10.8. The molecule has 0 saturated carbocycles. The van der Waals surface area contributed by atoms with Gasteiger partial charge in [0, 0.05) is 10.7 Å². The van der Waals surface area contributed by atoms with E-state index in [1.54, 1.807) is 0 Å². The molecule has 2 nitrogen and oxygen atoms in total. The lowest BCUT2D eigenvalue weighted by Crippen LogP contribution is -2.08. The number of benzene rings is 1. The molecule has 0 radical (unpaired) electrons. The minimum Gasteiger partial charge on any atom is -0.229 e. The molecule has 1 aromatic rings. The average Bonchev–Trinajstić information content (AvgIpc) is 2.02. The van der Waals surface area contributed by atoms with Gasteiger partial charge in [-0.1, -0.05) is 44.0 Å². The van der Waals surface area contributed by atoms with Gasteiger partial charge in [0.25, 0.3) is 0 Å². The third-order valence-electron chi connectivity index (χ3n) is 1.68. The monoisotopic (exact) mass is 340 g/mol. The Labute approximate surface area is 101 Å². The van der Waals surface area contributed by atoms with Gasteiger partial charge in [-0.05, 0) is 17.7 Å². The Morgan fingerprint density at radius 2 is 1.79 bits per heavy atom. The van der Waals surface area contributed by atoms with E-state index < -0.39 is 9.84 Å². The molecular formula is C9H10Br2O2S. The molecule has 0 spiro atoms. The van der Waals surface area contributed by atoms with E-state index in [2.05, 4.69) is 31.9 Å². The van der Waals surface area contributed by atoms with Crippen molar-refractivity contribution in [1.29, 1.82) is 0 Å². The minimum atomic E-state index is -2.94. The maximum Gasteiger partial charge on any atom is 0.148 e. The molecule has 0 saturated heterocycles. The summed E-state index contributed by atoms with van der Waals surface area (Å²) < 4.78 is 23.1. The van der Waals surface area contributed by atoms with Crippen molar-refractivity contribution >= 4 is 41.7 Å². The van der Waals surface area contributed by atoms with E-state index in [-0.39, 0.29) is 10.6 Å². The summed E-state index contributed by atoms with van der Waals surface area (Å²) in [5, 5.41) is 0. The molecule has 1 aromatic carbocycles. The van der Waals surface area contributed by atoms with Crippen LogP contribution in [0.4, 0.5) is 0 Å². The molecule has 0 fully saturated rings. The van der Waals surface area contributed by atoms with Crippen molar-refractivity contribution in [3.8, 4) is 0 Å². The summed E-state index contributed by atoms with van der Waals surface area (Å²) in [5.74, 6) is 0.120. The molecule has 0 aliphatic heterocycles. The number of sulfone groups is 1. The molecule has 0 bridgehead atoms. The van der Waals surface area contributed by atoms with Crippen molar-refractivity contribution in [2.75, 3.05) is 12.0 Å². The van der Waals surface area contributed by atoms with Gasteiger partial charge in [0.1, 0.15) is 9.84 Å². The number of alkyl halides is 1. The van der Waals surface area contributed by atoms with E-state index in [0.717, 1.165) is 10.0 Å². The second-order valence-corrected chi connectivity index (χ2v) is 7.32. The van der Waals surface area contributed by atoms with Crippen LogP contribution in [0.2, 0.25) is 0 Å². The molecule has 0 amide bonds. The van der Waals surface area contributed by atoms with Gasteiger partial charge in [-0.15, -0.1) is 0 Å². The Kier molecular flexibility index (Phi) is 4.15. The van der Waals surface area contributed by atoms with Crippen LogP contribution in [-0.4, -0.2) is 20.4 Å². The Morgan fingerprint density at radius 1 is 1.29 bits per heavy atom. The largest absolute Gasteiger partial charge is 0.229 e. The lowest BCUT2D eigenvalue weighted by atomic mass is 10.2. The second-order valence-electron chi connectivity index (χ2n) is 3.11. The summed E-state index contributed by atoms with van der Waals surface area (Å²) in [6.07, 6.45) is 1.24. The summed E-state index contributed by atoms with van der Waals surface area (Å²) in [5.41, 5.74) is 0.971. The summed E-state index contributed by atoms with van der Waals surface area (Å²) >= 11 is 6.67. The molecule has 0 aliphatic carbocycles. The fourth-order valence-corrected chi connectivity index (χ4v) is 3.77. The van der Waals surface area contributed by atoms with Crippen LogP contribution in [0.25, 0.3) is 0 Å². The summed E-state index contributed by atoms with van der Waals surface area (Å²) in [6, 6.07) is 7.58. The van der Waals surface area contributed by atoms with Gasteiger partial charge in [-0.3, -0.25) is 0 Å². The molecule has 0 N–H and O–H groups in total. The van der Waals surface area contributed by atoms with E-state index >= 15 is 0 Å². The third kappa shape index (κ3) is 4.11. The first-order valence-corrected chi connectivity index (χ1v) is 7.72. The molecule has 0 heterocycles. The minimum absolute atomic E-state index is 0.120. The topological polar surface area (TPSA) is 34.1 Å². The van der Waals surface area contributed by atoms with Crippen molar-refractivity contribution < 1.29 is 8.42 Å². The van der Waals surface area contributed by atoms with E-state index in [4.69, 9.17) is 0 Å². The SMILES string of the molecule is CS(=O)(=O)CC(Br)c1ccc(Br)cc1. The summed E-state index contributed by atoms with van der Waals surface area (Å²) in [7, 11) is -2.94. The standard InChI is InChI=1S/C9H10Br2O2S/c1-14(12,13)6-9(11)7-2-4-8(10)5-3-7/h2-5,9H,6H2,1H3. The predicted octanol–water partition coefficient (Wildman–Crippen LogP) is 2.93. The number of rotatable bonds is 3. The van der Waals surface area contributed by atoms with Gasteiger partial charge in [-0.25, -0.2) is 8.42 Å². The molecule has 1 atom stereocenters. The number of hydrogen-bond acceptors (Lipinski definition) is 2. The Hall–Kier alpha value is 0.130. The van der Waals surface area contributed by atoms with Crippen LogP contribution in [0.15, 0.2) is 28.7 Å². The van der Waals surface area contributed by atoms with Crippen LogP contribution in [0.5, 0.6) is 0 Å². The van der Waals surface area contributed by atoms with Gasteiger partial charge in [0.05, 0.1) is 10.6 Å². The van der Waals surface area contributed by atoms with Crippen LogP contribution < -0.4 is 0 Å². The van der Waals surface area contributed by atoms with E-state index in [1.807, 2.05) is 24.3 Å². The first-order valence-electron chi connectivity index (χ1n) is 3.96. The van der Waals surface area contributed by atoms with Gasteiger partial charge in [0.15, 0.2) is 0 Å². The van der Waals surface area contributed by atoms with Crippen molar-refractivity contribution in [3.05, 3.63) is 34.3 Å². The normalized spacial score (nSPS) is 13.9. The van der Waals surface area contributed by atoms with Crippen LogP contribution in [0.1, 0.15) is 10.4 Å². The fraction of sp³-hybridized carbons (Fsp3) is 0.333. The quantitative estimate of drug-likeness (QED) is 0.792. The van der Waals surface area contributed by atoms with Crippen molar-refractivity contribution in [2.45, 2.75) is 4.83 Å². The average molecular weight is 342 g/mol. The first-order chi connectivity index (χ1) is 6.38. The van der Waals surface area contributed by atoms with E-state index in [0.29, 0.717) is 0 Å². The Balaban J connectivity index is 2.80. The van der Waals surface area contributed by atoms with Gasteiger partial charge in [0.2, 0.25) is 0 Å². The van der Waals surface area contributed by atoms with E-state index in [1.165, 1.54) is 6.26 Å². The first kappa shape index (κ1) is 12.2. The molecule has 5 heteroatoms. The lowest BCUT2D eigenvalue weighted by Gasteiger charge is -2.08. The number of halogens is 2. The molecule has 1 rings (SSSR count). The lowest BCUT2D eigenvalue weighted by molar-refractivity contribution is 0.601. The Morgan fingerprint density at radius 3 is 2.21 bits per heavy atom. The highest BCUT2D eigenvalue weighted by Crippen LogP contribution is 2.25. The zero-order valence-electron chi connectivity index (χ0n) is 7.57. The second kappa shape index (κ2) is 4.77. The zero-order valence-corrected chi connectivity index (χ0v) is 11.6.